The average molecular weight is 215 g/mol. The first-order chi connectivity index (χ1) is 7.13. The monoisotopic (exact) mass is 215 g/mol. The molecule has 1 saturated heterocycles. The van der Waals surface area contributed by atoms with Gasteiger partial charge in [0.05, 0.1) is 19.6 Å². The number of rotatable bonds is 3. The van der Waals surface area contributed by atoms with E-state index in [2.05, 4.69) is 23.5 Å². The summed E-state index contributed by atoms with van der Waals surface area (Å²) in [5.41, 5.74) is 0. The molecular formula is C11H21NO3. The van der Waals surface area contributed by atoms with Gasteiger partial charge in [0.2, 0.25) is 0 Å². The van der Waals surface area contributed by atoms with Crippen molar-refractivity contribution >= 4 is 5.97 Å². The van der Waals surface area contributed by atoms with Crippen LogP contribution in [0.3, 0.4) is 0 Å². The van der Waals surface area contributed by atoms with Gasteiger partial charge >= 0.3 is 5.97 Å². The van der Waals surface area contributed by atoms with E-state index in [9.17, 15) is 4.79 Å². The minimum absolute atomic E-state index is 0.139. The molecule has 0 aliphatic carbocycles. The molecule has 1 rings (SSSR count). The molecule has 0 radical (unpaired) electrons. The zero-order valence-corrected chi connectivity index (χ0v) is 9.86. The Labute approximate surface area is 91.5 Å². The number of ether oxygens (including phenoxy) is 2. The predicted molar refractivity (Wildman–Crippen MR) is 57.7 cm³/mol. The quantitative estimate of drug-likeness (QED) is 0.660. The summed E-state index contributed by atoms with van der Waals surface area (Å²) in [6, 6.07) is 0.238. The Morgan fingerprint density at radius 1 is 1.67 bits per heavy atom. The maximum atomic E-state index is 11.2. The van der Waals surface area contributed by atoms with Crippen LogP contribution in [0.1, 0.15) is 26.7 Å². The molecule has 0 saturated carbocycles. The Bertz CT molecular complexity index is 208. The van der Waals surface area contributed by atoms with Crippen LogP contribution in [0.5, 0.6) is 0 Å². The van der Waals surface area contributed by atoms with Crippen LogP contribution >= 0.6 is 0 Å². The summed E-state index contributed by atoms with van der Waals surface area (Å²) in [5, 5.41) is 0. The van der Waals surface area contributed by atoms with Gasteiger partial charge in [-0.25, -0.2) is 0 Å². The molecule has 1 heterocycles. The molecule has 1 fully saturated rings. The van der Waals surface area contributed by atoms with Gasteiger partial charge in [-0.3, -0.25) is 9.69 Å². The molecule has 4 nitrogen and oxygen atoms in total. The Morgan fingerprint density at radius 2 is 2.40 bits per heavy atom. The molecule has 1 aliphatic heterocycles. The molecule has 4 heteroatoms. The lowest BCUT2D eigenvalue weighted by Gasteiger charge is -2.27. The van der Waals surface area contributed by atoms with E-state index < -0.39 is 0 Å². The van der Waals surface area contributed by atoms with Crippen LogP contribution in [0, 0.1) is 0 Å². The van der Waals surface area contributed by atoms with Crippen molar-refractivity contribution in [2.45, 2.75) is 38.8 Å². The van der Waals surface area contributed by atoms with Crippen molar-refractivity contribution in [1.29, 1.82) is 0 Å². The molecular weight excluding hydrogens is 194 g/mol. The van der Waals surface area contributed by atoms with E-state index in [1.807, 2.05) is 0 Å². The molecule has 2 atom stereocenters. The number of nitrogens with zero attached hydrogens (tertiary/aromatic N) is 1. The average Bonchev–Trinajstić information content (AvgIpc) is 2.42. The van der Waals surface area contributed by atoms with Gasteiger partial charge in [-0.05, 0) is 20.3 Å². The zero-order valence-electron chi connectivity index (χ0n) is 9.86. The highest BCUT2D eigenvalue weighted by molar-refractivity contribution is 5.69. The molecule has 0 aromatic heterocycles. The van der Waals surface area contributed by atoms with Crippen LogP contribution < -0.4 is 0 Å². The van der Waals surface area contributed by atoms with Crippen molar-refractivity contribution in [3.05, 3.63) is 0 Å². The van der Waals surface area contributed by atoms with Crippen molar-refractivity contribution in [2.75, 3.05) is 26.8 Å². The molecule has 88 valence electrons. The van der Waals surface area contributed by atoms with Crippen LogP contribution in [0.25, 0.3) is 0 Å². The summed E-state index contributed by atoms with van der Waals surface area (Å²) >= 11 is 0. The summed E-state index contributed by atoms with van der Waals surface area (Å²) in [4.78, 5) is 13.5. The first kappa shape index (κ1) is 12.5. The second-order valence-electron chi connectivity index (χ2n) is 4.16. The van der Waals surface area contributed by atoms with Crippen molar-refractivity contribution in [1.82, 2.24) is 4.90 Å². The summed E-state index contributed by atoms with van der Waals surface area (Å²) in [6.45, 7) is 6.86. The fourth-order valence-electron chi connectivity index (χ4n) is 1.88. The molecule has 0 spiro atoms. The smallest absolute Gasteiger partial charge is 0.307 e. The van der Waals surface area contributed by atoms with Gasteiger partial charge in [0.1, 0.15) is 0 Å². The van der Waals surface area contributed by atoms with Crippen molar-refractivity contribution in [3.8, 4) is 0 Å². The number of esters is 1. The minimum atomic E-state index is -0.139. The maximum Gasteiger partial charge on any atom is 0.307 e. The second-order valence-corrected chi connectivity index (χ2v) is 4.16. The van der Waals surface area contributed by atoms with E-state index in [-0.39, 0.29) is 18.1 Å². The van der Waals surface area contributed by atoms with Crippen molar-refractivity contribution in [3.63, 3.8) is 0 Å². The Morgan fingerprint density at radius 3 is 3.07 bits per heavy atom. The lowest BCUT2D eigenvalue weighted by atomic mass is 10.2. The third kappa shape index (κ3) is 4.18. The van der Waals surface area contributed by atoms with E-state index in [0.29, 0.717) is 6.42 Å². The molecule has 0 aromatic carbocycles. The SMILES string of the molecule is COC(=O)CC(C)N1CCCOC(C)C1. The standard InChI is InChI=1S/C11H21NO3/c1-9(7-11(13)14-3)12-5-4-6-15-10(2)8-12/h9-10H,4-8H2,1-3H3. The van der Waals surface area contributed by atoms with Gasteiger partial charge in [-0.1, -0.05) is 0 Å². The third-order valence-electron chi connectivity index (χ3n) is 2.80. The summed E-state index contributed by atoms with van der Waals surface area (Å²) in [6.07, 6.45) is 1.76. The Kier molecular flexibility index (Phi) is 5.05. The van der Waals surface area contributed by atoms with E-state index in [0.717, 1.165) is 26.1 Å². The lowest BCUT2D eigenvalue weighted by molar-refractivity contribution is -0.142. The highest BCUT2D eigenvalue weighted by atomic mass is 16.5. The highest BCUT2D eigenvalue weighted by Crippen LogP contribution is 2.11. The third-order valence-corrected chi connectivity index (χ3v) is 2.80. The number of carbonyl (C=O) groups excluding carboxylic acids is 1. The fourth-order valence-corrected chi connectivity index (χ4v) is 1.88. The minimum Gasteiger partial charge on any atom is -0.469 e. The number of hydrogen-bond acceptors (Lipinski definition) is 4. The summed E-state index contributed by atoms with van der Waals surface area (Å²) in [7, 11) is 1.43. The number of methoxy groups -OCH3 is 1. The van der Waals surface area contributed by atoms with Gasteiger partial charge in [-0.15, -0.1) is 0 Å². The molecule has 1 aliphatic rings. The van der Waals surface area contributed by atoms with Gasteiger partial charge in [0.15, 0.2) is 0 Å². The first-order valence-electron chi connectivity index (χ1n) is 5.56. The maximum absolute atomic E-state index is 11.2. The Hall–Kier alpha value is -0.610. The summed E-state index contributed by atoms with van der Waals surface area (Å²) < 4.78 is 10.2. The van der Waals surface area contributed by atoms with Crippen LogP contribution in [-0.4, -0.2) is 49.8 Å². The summed E-state index contributed by atoms with van der Waals surface area (Å²) in [5.74, 6) is -0.139. The molecule has 0 N–H and O–H groups in total. The van der Waals surface area contributed by atoms with Gasteiger partial charge in [0, 0.05) is 25.7 Å². The second kappa shape index (κ2) is 6.08. The van der Waals surface area contributed by atoms with Crippen LogP contribution in [0.2, 0.25) is 0 Å². The Balaban J connectivity index is 2.42. The van der Waals surface area contributed by atoms with Gasteiger partial charge < -0.3 is 9.47 Å². The van der Waals surface area contributed by atoms with Gasteiger partial charge in [0.25, 0.3) is 0 Å². The molecule has 2 unspecified atom stereocenters. The van der Waals surface area contributed by atoms with Crippen LogP contribution in [0.4, 0.5) is 0 Å². The topological polar surface area (TPSA) is 38.8 Å². The zero-order chi connectivity index (χ0) is 11.3. The lowest BCUT2D eigenvalue weighted by Crippen LogP contribution is -2.38. The first-order valence-corrected chi connectivity index (χ1v) is 5.56. The largest absolute Gasteiger partial charge is 0.469 e. The van der Waals surface area contributed by atoms with Crippen molar-refractivity contribution < 1.29 is 14.3 Å². The van der Waals surface area contributed by atoms with E-state index in [1.54, 1.807) is 0 Å². The highest BCUT2D eigenvalue weighted by Gasteiger charge is 2.21. The number of hydrogen-bond donors (Lipinski definition) is 0. The van der Waals surface area contributed by atoms with Crippen molar-refractivity contribution in [2.24, 2.45) is 0 Å². The van der Waals surface area contributed by atoms with Crippen LogP contribution in [-0.2, 0) is 14.3 Å². The molecule has 0 bridgehead atoms. The van der Waals surface area contributed by atoms with E-state index in [4.69, 9.17) is 4.74 Å². The molecule has 15 heavy (non-hydrogen) atoms. The van der Waals surface area contributed by atoms with E-state index >= 15 is 0 Å². The predicted octanol–water partition coefficient (Wildman–Crippen LogP) is 1.05. The number of carbonyl (C=O) groups is 1. The fraction of sp³-hybridized carbons (Fsp3) is 0.909. The van der Waals surface area contributed by atoms with Crippen LogP contribution in [0.15, 0.2) is 0 Å². The molecule has 0 aromatic rings. The van der Waals surface area contributed by atoms with Gasteiger partial charge in [-0.2, -0.15) is 0 Å². The normalized spacial score (nSPS) is 25.7. The van der Waals surface area contributed by atoms with E-state index in [1.165, 1.54) is 7.11 Å². The molecule has 0 amide bonds.